The van der Waals surface area contributed by atoms with E-state index in [1.807, 2.05) is 61.5 Å². The molecule has 6 heteroatoms. The largest absolute Gasteiger partial charge is 0.481 e. The number of urea groups is 1. The van der Waals surface area contributed by atoms with Gasteiger partial charge in [-0.2, -0.15) is 0 Å². The molecule has 2 aromatic carbocycles. The van der Waals surface area contributed by atoms with E-state index in [2.05, 4.69) is 10.6 Å². The fourth-order valence-corrected chi connectivity index (χ4v) is 2.84. The molecule has 4 N–H and O–H groups in total. The van der Waals surface area contributed by atoms with Crippen LogP contribution in [-0.4, -0.2) is 34.8 Å². The van der Waals surface area contributed by atoms with Gasteiger partial charge in [0.25, 0.3) is 0 Å². The van der Waals surface area contributed by atoms with Gasteiger partial charge < -0.3 is 20.8 Å². The quantitative estimate of drug-likeness (QED) is 0.545. The molecule has 0 saturated carbocycles. The number of aliphatic carboxylic acids is 1. The number of aliphatic hydroxyl groups excluding tert-OH is 1. The Bertz CT molecular complexity index is 749. The maximum atomic E-state index is 12.2. The summed E-state index contributed by atoms with van der Waals surface area (Å²) in [5, 5.41) is 24.6. The first-order chi connectivity index (χ1) is 12.9. The molecule has 2 unspecified atom stereocenters. The lowest BCUT2D eigenvalue weighted by Gasteiger charge is -2.20. The van der Waals surface area contributed by atoms with Crippen molar-refractivity contribution in [2.75, 3.05) is 6.54 Å². The van der Waals surface area contributed by atoms with Crippen LogP contribution < -0.4 is 10.6 Å². The molecule has 144 valence electrons. The molecule has 2 rings (SSSR count). The maximum Gasteiger partial charge on any atom is 0.315 e. The van der Waals surface area contributed by atoms with Gasteiger partial charge in [-0.15, -0.1) is 0 Å². The summed E-state index contributed by atoms with van der Waals surface area (Å²) in [7, 11) is 0. The maximum absolute atomic E-state index is 12.2. The van der Waals surface area contributed by atoms with Crippen molar-refractivity contribution in [2.24, 2.45) is 0 Å². The summed E-state index contributed by atoms with van der Waals surface area (Å²) in [6.45, 7) is 2.01. The number of aliphatic hydroxyl groups is 1. The van der Waals surface area contributed by atoms with Crippen LogP contribution in [-0.2, 0) is 11.2 Å². The molecule has 0 saturated heterocycles. The molecule has 0 aromatic heterocycles. The van der Waals surface area contributed by atoms with E-state index >= 15 is 0 Å². The summed E-state index contributed by atoms with van der Waals surface area (Å²) < 4.78 is 0. The number of aryl methyl sites for hydroxylation is 1. The molecule has 0 spiro atoms. The molecular formula is C21H26N2O4. The Hall–Kier alpha value is -2.86. The fraction of sp³-hybridized carbons (Fsp3) is 0.333. The average Bonchev–Trinajstić information content (AvgIpc) is 2.65. The Morgan fingerprint density at radius 1 is 1.07 bits per heavy atom. The molecule has 2 atom stereocenters. The van der Waals surface area contributed by atoms with Crippen molar-refractivity contribution in [1.82, 2.24) is 10.6 Å². The predicted octanol–water partition coefficient (Wildman–Crippen LogP) is 2.80. The number of hydrogen-bond acceptors (Lipinski definition) is 3. The summed E-state index contributed by atoms with van der Waals surface area (Å²) in [6.07, 6.45) is 0.0475. The van der Waals surface area contributed by atoms with Gasteiger partial charge in [0.2, 0.25) is 0 Å². The van der Waals surface area contributed by atoms with Gasteiger partial charge >= 0.3 is 12.0 Å². The normalized spacial score (nSPS) is 12.8. The van der Waals surface area contributed by atoms with E-state index in [0.29, 0.717) is 12.8 Å². The lowest BCUT2D eigenvalue weighted by molar-refractivity contribution is -0.137. The summed E-state index contributed by atoms with van der Waals surface area (Å²) in [6, 6.07) is 16.3. The van der Waals surface area contributed by atoms with Crippen molar-refractivity contribution in [2.45, 2.75) is 38.3 Å². The lowest BCUT2D eigenvalue weighted by Crippen LogP contribution is -2.44. The summed E-state index contributed by atoms with van der Waals surface area (Å²) in [5.41, 5.74) is 2.79. The zero-order chi connectivity index (χ0) is 19.6. The van der Waals surface area contributed by atoms with Crippen molar-refractivity contribution >= 4 is 12.0 Å². The first-order valence-corrected chi connectivity index (χ1v) is 8.98. The van der Waals surface area contributed by atoms with Gasteiger partial charge in [-0.25, -0.2) is 4.79 Å². The molecular weight excluding hydrogens is 344 g/mol. The fourth-order valence-electron chi connectivity index (χ4n) is 2.84. The van der Waals surface area contributed by atoms with Gasteiger partial charge in [0, 0.05) is 19.0 Å². The second-order valence-corrected chi connectivity index (χ2v) is 6.60. The van der Waals surface area contributed by atoms with Crippen molar-refractivity contribution in [3.05, 3.63) is 71.3 Å². The van der Waals surface area contributed by atoms with Crippen LogP contribution >= 0.6 is 0 Å². The first-order valence-electron chi connectivity index (χ1n) is 8.98. The number of hydrogen-bond donors (Lipinski definition) is 4. The molecule has 6 nitrogen and oxygen atoms in total. The zero-order valence-corrected chi connectivity index (χ0v) is 15.4. The minimum Gasteiger partial charge on any atom is -0.481 e. The number of amides is 2. The Kier molecular flexibility index (Phi) is 7.82. The summed E-state index contributed by atoms with van der Waals surface area (Å²) >= 11 is 0. The monoisotopic (exact) mass is 370 g/mol. The van der Waals surface area contributed by atoms with Crippen molar-refractivity contribution in [1.29, 1.82) is 0 Å². The highest BCUT2D eigenvalue weighted by molar-refractivity contribution is 5.74. The van der Waals surface area contributed by atoms with Gasteiger partial charge in [0.05, 0.1) is 6.10 Å². The van der Waals surface area contributed by atoms with E-state index in [1.54, 1.807) is 0 Å². The summed E-state index contributed by atoms with van der Waals surface area (Å²) in [5.74, 6) is -0.898. The zero-order valence-electron chi connectivity index (χ0n) is 15.4. The average molecular weight is 370 g/mol. The number of rotatable bonds is 9. The highest BCUT2D eigenvalue weighted by atomic mass is 16.4. The third-order valence-corrected chi connectivity index (χ3v) is 4.25. The Balaban J connectivity index is 1.88. The van der Waals surface area contributed by atoms with Crippen LogP contribution in [0.4, 0.5) is 4.79 Å². The smallest absolute Gasteiger partial charge is 0.315 e. The van der Waals surface area contributed by atoms with Crippen LogP contribution in [0.2, 0.25) is 0 Å². The molecule has 0 fully saturated rings. The van der Waals surface area contributed by atoms with Gasteiger partial charge in [-0.3, -0.25) is 4.79 Å². The standard InChI is InChI=1S/C21H26N2O4/c1-15-6-5-9-17(12-15)19(24)14-22-21(27)23-18(10-11-20(25)26)13-16-7-3-2-4-8-16/h2-9,12,18-19,24H,10-11,13-14H2,1H3,(H,25,26)(H2,22,23,27). The van der Waals surface area contributed by atoms with E-state index in [-0.39, 0.29) is 19.0 Å². The topological polar surface area (TPSA) is 98.7 Å². The van der Waals surface area contributed by atoms with Crippen LogP contribution in [0.1, 0.15) is 35.6 Å². The molecule has 2 amide bonds. The van der Waals surface area contributed by atoms with Gasteiger partial charge in [-0.1, -0.05) is 60.2 Å². The van der Waals surface area contributed by atoms with Gasteiger partial charge in [-0.05, 0) is 30.9 Å². The molecule has 27 heavy (non-hydrogen) atoms. The van der Waals surface area contributed by atoms with Gasteiger partial charge in [0.15, 0.2) is 0 Å². The number of carbonyl (C=O) groups excluding carboxylic acids is 1. The Morgan fingerprint density at radius 3 is 2.48 bits per heavy atom. The number of nitrogens with one attached hydrogen (secondary N) is 2. The molecule has 2 aromatic rings. The minimum absolute atomic E-state index is 0.0241. The van der Waals surface area contributed by atoms with Crippen molar-refractivity contribution < 1.29 is 19.8 Å². The second-order valence-electron chi connectivity index (χ2n) is 6.60. The molecule has 0 aliphatic heterocycles. The number of carbonyl (C=O) groups is 2. The molecule has 0 heterocycles. The highest BCUT2D eigenvalue weighted by Crippen LogP contribution is 2.13. The third-order valence-electron chi connectivity index (χ3n) is 4.25. The molecule has 0 aliphatic carbocycles. The molecule has 0 radical (unpaired) electrons. The second kappa shape index (κ2) is 10.3. The molecule has 0 aliphatic rings. The number of carboxylic acids is 1. The van der Waals surface area contributed by atoms with E-state index in [0.717, 1.165) is 16.7 Å². The van der Waals surface area contributed by atoms with E-state index in [1.165, 1.54) is 0 Å². The van der Waals surface area contributed by atoms with E-state index in [9.17, 15) is 14.7 Å². The van der Waals surface area contributed by atoms with Crippen LogP contribution in [0.25, 0.3) is 0 Å². The third kappa shape index (κ3) is 7.50. The van der Waals surface area contributed by atoms with Crippen molar-refractivity contribution in [3.8, 4) is 0 Å². The van der Waals surface area contributed by atoms with Crippen LogP contribution in [0.15, 0.2) is 54.6 Å². The minimum atomic E-state index is -0.898. The first kappa shape index (κ1) is 20.5. The van der Waals surface area contributed by atoms with Crippen molar-refractivity contribution in [3.63, 3.8) is 0 Å². The van der Waals surface area contributed by atoms with Crippen LogP contribution in [0.3, 0.4) is 0 Å². The Morgan fingerprint density at radius 2 is 1.81 bits per heavy atom. The SMILES string of the molecule is Cc1cccc(C(O)CNC(=O)NC(CCC(=O)O)Cc2ccccc2)c1. The Labute approximate surface area is 159 Å². The van der Waals surface area contributed by atoms with Crippen LogP contribution in [0.5, 0.6) is 0 Å². The number of benzene rings is 2. The number of carboxylic acid groups (broad SMARTS) is 1. The van der Waals surface area contributed by atoms with E-state index in [4.69, 9.17) is 5.11 Å². The highest BCUT2D eigenvalue weighted by Gasteiger charge is 2.16. The van der Waals surface area contributed by atoms with Crippen LogP contribution in [0, 0.1) is 6.92 Å². The summed E-state index contributed by atoms with van der Waals surface area (Å²) in [4.78, 5) is 23.1. The van der Waals surface area contributed by atoms with E-state index < -0.39 is 18.1 Å². The molecule has 0 bridgehead atoms. The van der Waals surface area contributed by atoms with Gasteiger partial charge in [0.1, 0.15) is 0 Å². The lowest BCUT2D eigenvalue weighted by atomic mass is 10.0. The predicted molar refractivity (Wildman–Crippen MR) is 103 cm³/mol.